The van der Waals surface area contributed by atoms with Gasteiger partial charge in [0.05, 0.1) is 7.11 Å². The van der Waals surface area contributed by atoms with Gasteiger partial charge in [0, 0.05) is 47.8 Å². The number of ketones is 1. The fourth-order valence-corrected chi connectivity index (χ4v) is 4.17. The topological polar surface area (TPSA) is 78.0 Å². The SMILES string of the molecule is COc1cc(C(=O)C2CC2)ccc1COc1cccc(C2CCN(C(=O)OC(C)(C)C)CC2)n1. The Morgan fingerprint density at radius 1 is 1.06 bits per heavy atom. The predicted molar refractivity (Wildman–Crippen MR) is 128 cm³/mol. The highest BCUT2D eigenvalue weighted by atomic mass is 16.6. The van der Waals surface area contributed by atoms with E-state index in [0.29, 0.717) is 36.9 Å². The number of carbonyl (C=O) groups excluding carboxylic acids is 2. The van der Waals surface area contributed by atoms with Crippen LogP contribution in [0.2, 0.25) is 0 Å². The highest BCUT2D eigenvalue weighted by Gasteiger charge is 2.31. The van der Waals surface area contributed by atoms with Gasteiger partial charge in [-0.2, -0.15) is 0 Å². The maximum absolute atomic E-state index is 12.3. The third-order valence-electron chi connectivity index (χ3n) is 6.21. The molecule has 1 saturated heterocycles. The molecule has 1 aliphatic heterocycles. The monoisotopic (exact) mass is 466 g/mol. The fraction of sp³-hybridized carbons (Fsp3) is 0.519. The average Bonchev–Trinajstić information content (AvgIpc) is 3.67. The van der Waals surface area contributed by atoms with Gasteiger partial charge >= 0.3 is 6.09 Å². The van der Waals surface area contributed by atoms with E-state index < -0.39 is 5.60 Å². The van der Waals surface area contributed by atoms with Crippen LogP contribution in [-0.2, 0) is 11.3 Å². The van der Waals surface area contributed by atoms with Crippen molar-refractivity contribution in [3.63, 3.8) is 0 Å². The molecule has 0 bridgehead atoms. The molecule has 1 saturated carbocycles. The number of nitrogens with zero attached hydrogens (tertiary/aromatic N) is 2. The molecule has 0 atom stereocenters. The lowest BCUT2D eigenvalue weighted by atomic mass is 9.93. The zero-order valence-electron chi connectivity index (χ0n) is 20.5. The molecule has 0 radical (unpaired) electrons. The number of pyridine rings is 1. The minimum atomic E-state index is -0.489. The molecule has 1 aromatic carbocycles. The molecule has 2 fully saturated rings. The molecule has 182 valence electrons. The number of piperidine rings is 1. The molecule has 0 unspecified atom stereocenters. The average molecular weight is 467 g/mol. The Bertz CT molecular complexity index is 1030. The maximum atomic E-state index is 12.3. The van der Waals surface area contributed by atoms with Gasteiger partial charge in [0.1, 0.15) is 18.0 Å². The first-order chi connectivity index (χ1) is 16.2. The van der Waals surface area contributed by atoms with Crippen LogP contribution in [0.4, 0.5) is 4.79 Å². The molecule has 1 amide bonds. The summed E-state index contributed by atoms with van der Waals surface area (Å²) in [5.41, 5.74) is 2.05. The molecule has 4 rings (SSSR count). The first-order valence-electron chi connectivity index (χ1n) is 12.0. The van der Waals surface area contributed by atoms with Crippen LogP contribution in [0.5, 0.6) is 11.6 Å². The molecular weight excluding hydrogens is 432 g/mol. The zero-order valence-corrected chi connectivity index (χ0v) is 20.5. The normalized spacial score (nSPS) is 16.8. The summed E-state index contributed by atoms with van der Waals surface area (Å²) in [4.78, 5) is 31.2. The van der Waals surface area contributed by atoms with Crippen molar-refractivity contribution >= 4 is 11.9 Å². The van der Waals surface area contributed by atoms with Gasteiger partial charge in [-0.25, -0.2) is 9.78 Å². The van der Waals surface area contributed by atoms with Gasteiger partial charge in [0.25, 0.3) is 0 Å². The van der Waals surface area contributed by atoms with Gasteiger partial charge in [0.2, 0.25) is 5.88 Å². The summed E-state index contributed by atoms with van der Waals surface area (Å²) in [5, 5.41) is 0. The Kier molecular flexibility index (Phi) is 7.10. The minimum Gasteiger partial charge on any atom is -0.496 e. The van der Waals surface area contributed by atoms with Crippen molar-refractivity contribution in [2.24, 2.45) is 5.92 Å². The van der Waals surface area contributed by atoms with Gasteiger partial charge in [0.15, 0.2) is 5.78 Å². The van der Waals surface area contributed by atoms with Crippen molar-refractivity contribution in [3.8, 4) is 11.6 Å². The molecule has 2 aromatic rings. The highest BCUT2D eigenvalue weighted by molar-refractivity contribution is 5.99. The Morgan fingerprint density at radius 2 is 1.79 bits per heavy atom. The third-order valence-corrected chi connectivity index (χ3v) is 6.21. The first kappa shape index (κ1) is 24.0. The van der Waals surface area contributed by atoms with Gasteiger partial charge in [-0.3, -0.25) is 4.79 Å². The summed E-state index contributed by atoms with van der Waals surface area (Å²) in [5.74, 6) is 1.83. The van der Waals surface area contributed by atoms with Crippen LogP contribution >= 0.6 is 0 Å². The van der Waals surface area contributed by atoms with Crippen molar-refractivity contribution in [1.82, 2.24) is 9.88 Å². The highest BCUT2D eigenvalue weighted by Crippen LogP contribution is 2.34. The molecule has 1 aromatic heterocycles. The van der Waals surface area contributed by atoms with E-state index in [-0.39, 0.29) is 23.7 Å². The van der Waals surface area contributed by atoms with E-state index in [0.717, 1.165) is 36.9 Å². The summed E-state index contributed by atoms with van der Waals surface area (Å²) in [6, 6.07) is 11.4. The van der Waals surface area contributed by atoms with Crippen LogP contribution < -0.4 is 9.47 Å². The Hall–Kier alpha value is -3.09. The molecule has 0 N–H and O–H groups in total. The van der Waals surface area contributed by atoms with Gasteiger partial charge in [-0.1, -0.05) is 18.2 Å². The smallest absolute Gasteiger partial charge is 0.410 e. The number of carbonyl (C=O) groups is 2. The lowest BCUT2D eigenvalue weighted by Crippen LogP contribution is -2.41. The number of likely N-dealkylation sites (tertiary alicyclic amines) is 1. The molecule has 7 nitrogen and oxygen atoms in total. The number of hydrogen-bond acceptors (Lipinski definition) is 6. The molecule has 7 heteroatoms. The van der Waals surface area contributed by atoms with E-state index in [4.69, 9.17) is 19.2 Å². The van der Waals surface area contributed by atoms with Crippen molar-refractivity contribution < 1.29 is 23.8 Å². The van der Waals surface area contributed by atoms with Crippen molar-refractivity contribution in [2.45, 2.75) is 64.6 Å². The summed E-state index contributed by atoms with van der Waals surface area (Å²) < 4.78 is 17.0. The maximum Gasteiger partial charge on any atom is 0.410 e. The van der Waals surface area contributed by atoms with E-state index in [1.807, 2.05) is 57.2 Å². The zero-order chi connectivity index (χ0) is 24.3. The van der Waals surface area contributed by atoms with Crippen LogP contribution in [0.1, 0.15) is 74.0 Å². The molecule has 34 heavy (non-hydrogen) atoms. The minimum absolute atomic E-state index is 0.176. The third kappa shape index (κ3) is 6.07. The fourth-order valence-electron chi connectivity index (χ4n) is 4.17. The summed E-state index contributed by atoms with van der Waals surface area (Å²) in [7, 11) is 1.60. The van der Waals surface area contributed by atoms with Crippen LogP contribution in [0, 0.1) is 5.92 Å². The predicted octanol–water partition coefficient (Wildman–Crippen LogP) is 5.38. The second-order valence-corrected chi connectivity index (χ2v) is 10.1. The van der Waals surface area contributed by atoms with Crippen molar-refractivity contribution in [2.75, 3.05) is 20.2 Å². The standard InChI is InChI=1S/C27H34N2O5/c1-27(2,3)34-26(31)29-14-12-18(13-15-29)22-6-5-7-24(28-22)33-17-21-11-10-20(16-23(21)32-4)25(30)19-8-9-19/h5-7,10-11,16,18-19H,8-9,12-15,17H2,1-4H3. The second kappa shape index (κ2) is 10.0. The summed E-state index contributed by atoms with van der Waals surface area (Å²) in [6.45, 7) is 7.24. The number of Topliss-reactive ketones (excluding diaryl/α,β-unsaturated/α-hetero) is 1. The Morgan fingerprint density at radius 3 is 2.44 bits per heavy atom. The summed E-state index contributed by atoms with van der Waals surface area (Å²) in [6.07, 6.45) is 3.37. The van der Waals surface area contributed by atoms with E-state index >= 15 is 0 Å². The molecular formula is C27H34N2O5. The van der Waals surface area contributed by atoms with Crippen LogP contribution in [0.15, 0.2) is 36.4 Å². The van der Waals surface area contributed by atoms with Crippen molar-refractivity contribution in [3.05, 3.63) is 53.2 Å². The van der Waals surface area contributed by atoms with E-state index in [1.165, 1.54) is 0 Å². The largest absolute Gasteiger partial charge is 0.496 e. The van der Waals surface area contributed by atoms with Crippen LogP contribution in [0.3, 0.4) is 0 Å². The van der Waals surface area contributed by atoms with Crippen LogP contribution in [-0.4, -0.2) is 47.6 Å². The Balaban J connectivity index is 1.34. The number of ether oxygens (including phenoxy) is 3. The van der Waals surface area contributed by atoms with E-state index in [2.05, 4.69) is 0 Å². The van der Waals surface area contributed by atoms with Crippen LogP contribution in [0.25, 0.3) is 0 Å². The second-order valence-electron chi connectivity index (χ2n) is 10.1. The van der Waals surface area contributed by atoms with Gasteiger partial charge in [-0.05, 0) is 58.6 Å². The van der Waals surface area contributed by atoms with Crippen molar-refractivity contribution in [1.29, 1.82) is 0 Å². The van der Waals surface area contributed by atoms with E-state index in [9.17, 15) is 9.59 Å². The lowest BCUT2D eigenvalue weighted by Gasteiger charge is -2.33. The molecule has 2 aliphatic rings. The number of rotatable bonds is 7. The quantitative estimate of drug-likeness (QED) is 0.510. The Labute approximate surface area is 201 Å². The van der Waals surface area contributed by atoms with Gasteiger partial charge < -0.3 is 19.1 Å². The van der Waals surface area contributed by atoms with E-state index in [1.54, 1.807) is 12.0 Å². The van der Waals surface area contributed by atoms with Gasteiger partial charge in [-0.15, -0.1) is 0 Å². The first-order valence-corrected chi connectivity index (χ1v) is 12.0. The number of aromatic nitrogens is 1. The number of benzene rings is 1. The summed E-state index contributed by atoms with van der Waals surface area (Å²) >= 11 is 0. The molecule has 0 spiro atoms. The molecule has 1 aliphatic carbocycles. The number of methoxy groups -OCH3 is 1. The molecule has 2 heterocycles. The number of hydrogen-bond donors (Lipinski definition) is 0. The lowest BCUT2D eigenvalue weighted by molar-refractivity contribution is 0.0203. The number of amides is 1.